The molecule has 0 aliphatic heterocycles. The normalized spacial score (nSPS) is 20.7. The zero-order valence-electron chi connectivity index (χ0n) is 8.66. The Kier molecular flexibility index (Phi) is 2.55. The van der Waals surface area contributed by atoms with Crippen LogP contribution in [0.4, 0.5) is 0 Å². The van der Waals surface area contributed by atoms with Crippen LogP contribution in [0.1, 0.15) is 43.4 Å². The Morgan fingerprint density at radius 2 is 2.00 bits per heavy atom. The lowest BCUT2D eigenvalue weighted by molar-refractivity contribution is -0.00522. The minimum absolute atomic E-state index is 0.649. The van der Waals surface area contributed by atoms with E-state index in [0.717, 1.165) is 36.9 Å². The van der Waals surface area contributed by atoms with Crippen LogP contribution in [-0.2, 0) is 5.60 Å². The second kappa shape index (κ2) is 3.70. The average Bonchev–Trinajstić information content (AvgIpc) is 2.19. The molecule has 0 radical (unpaired) electrons. The quantitative estimate of drug-likeness (QED) is 0.740. The summed E-state index contributed by atoms with van der Waals surface area (Å²) in [7, 11) is 0. The molecule has 2 heteroatoms. The Bertz CT molecular complexity index is 316. The Morgan fingerprint density at radius 1 is 1.29 bits per heavy atom. The van der Waals surface area contributed by atoms with Crippen LogP contribution < -0.4 is 0 Å². The molecule has 1 aliphatic rings. The Labute approximate surface area is 85.0 Å². The maximum Gasteiger partial charge on any atom is 0.107 e. The minimum atomic E-state index is -0.649. The van der Waals surface area contributed by atoms with Gasteiger partial charge in [-0.2, -0.15) is 0 Å². The number of aliphatic hydroxyl groups is 1. The van der Waals surface area contributed by atoms with Crippen molar-refractivity contribution in [3.05, 3.63) is 29.6 Å². The summed E-state index contributed by atoms with van der Waals surface area (Å²) in [6.45, 7) is 2.02. The number of hydrogen-bond donors (Lipinski definition) is 1. The van der Waals surface area contributed by atoms with Gasteiger partial charge in [-0.1, -0.05) is 25.3 Å². The van der Waals surface area contributed by atoms with Crippen LogP contribution in [0.5, 0.6) is 0 Å². The van der Waals surface area contributed by atoms with Gasteiger partial charge in [0, 0.05) is 6.20 Å². The van der Waals surface area contributed by atoms with E-state index < -0.39 is 5.60 Å². The first kappa shape index (κ1) is 9.66. The van der Waals surface area contributed by atoms with Crippen LogP contribution in [0.2, 0.25) is 0 Å². The third kappa shape index (κ3) is 1.67. The molecule has 0 aromatic carbocycles. The molecule has 0 spiro atoms. The predicted molar refractivity (Wildman–Crippen MR) is 56.0 cm³/mol. The summed E-state index contributed by atoms with van der Waals surface area (Å²) in [5.74, 6) is 0. The van der Waals surface area contributed by atoms with Crippen molar-refractivity contribution < 1.29 is 5.11 Å². The second-order valence-corrected chi connectivity index (χ2v) is 4.26. The van der Waals surface area contributed by atoms with E-state index in [4.69, 9.17) is 0 Å². The molecule has 1 saturated carbocycles. The molecule has 2 nitrogen and oxygen atoms in total. The minimum Gasteiger partial charge on any atom is -0.384 e. The van der Waals surface area contributed by atoms with Crippen LogP contribution in [-0.4, -0.2) is 10.1 Å². The van der Waals surface area contributed by atoms with Crippen LogP contribution in [0.3, 0.4) is 0 Å². The van der Waals surface area contributed by atoms with Gasteiger partial charge in [0.15, 0.2) is 0 Å². The lowest BCUT2D eigenvalue weighted by atomic mass is 9.81. The molecular weight excluding hydrogens is 174 g/mol. The fourth-order valence-corrected chi connectivity index (χ4v) is 2.35. The standard InChI is InChI=1S/C12H17NO/c1-10-6-5-9-13-11(10)12(14)7-3-2-4-8-12/h5-6,9,14H,2-4,7-8H2,1H3. The molecule has 1 aromatic heterocycles. The molecule has 2 rings (SSSR count). The van der Waals surface area contributed by atoms with Crippen molar-refractivity contribution in [2.24, 2.45) is 0 Å². The maximum atomic E-state index is 10.5. The summed E-state index contributed by atoms with van der Waals surface area (Å²) in [5, 5.41) is 10.5. The lowest BCUT2D eigenvalue weighted by Crippen LogP contribution is -2.30. The largest absolute Gasteiger partial charge is 0.384 e. The zero-order valence-corrected chi connectivity index (χ0v) is 8.66. The van der Waals surface area contributed by atoms with E-state index in [1.165, 1.54) is 6.42 Å². The maximum absolute atomic E-state index is 10.5. The lowest BCUT2D eigenvalue weighted by Gasteiger charge is -2.32. The Hall–Kier alpha value is -0.890. The zero-order chi connectivity index (χ0) is 10.0. The van der Waals surface area contributed by atoms with Crippen LogP contribution in [0, 0.1) is 6.92 Å². The molecule has 0 atom stereocenters. The van der Waals surface area contributed by atoms with Crippen LogP contribution >= 0.6 is 0 Å². The first-order valence-corrected chi connectivity index (χ1v) is 5.37. The van der Waals surface area contributed by atoms with Crippen molar-refractivity contribution in [2.45, 2.75) is 44.6 Å². The van der Waals surface area contributed by atoms with E-state index >= 15 is 0 Å². The van der Waals surface area contributed by atoms with Gasteiger partial charge in [0.25, 0.3) is 0 Å². The number of nitrogens with zero attached hydrogens (tertiary/aromatic N) is 1. The number of aromatic nitrogens is 1. The summed E-state index contributed by atoms with van der Waals surface area (Å²) < 4.78 is 0. The van der Waals surface area contributed by atoms with Crippen molar-refractivity contribution in [3.8, 4) is 0 Å². The second-order valence-electron chi connectivity index (χ2n) is 4.26. The molecule has 0 unspecified atom stereocenters. The summed E-state index contributed by atoms with van der Waals surface area (Å²) in [6.07, 6.45) is 6.98. The molecule has 0 bridgehead atoms. The van der Waals surface area contributed by atoms with Gasteiger partial charge in [0.1, 0.15) is 5.60 Å². The third-order valence-corrected chi connectivity index (χ3v) is 3.13. The SMILES string of the molecule is Cc1cccnc1C1(O)CCCCC1. The van der Waals surface area contributed by atoms with Crippen molar-refractivity contribution in [1.82, 2.24) is 4.98 Å². The fraction of sp³-hybridized carbons (Fsp3) is 0.583. The fourth-order valence-electron chi connectivity index (χ4n) is 2.35. The predicted octanol–water partition coefficient (Wildman–Crippen LogP) is 2.54. The molecule has 1 aromatic rings. The third-order valence-electron chi connectivity index (χ3n) is 3.13. The molecule has 76 valence electrons. The highest BCUT2D eigenvalue weighted by Crippen LogP contribution is 2.36. The van der Waals surface area contributed by atoms with Gasteiger partial charge in [-0.15, -0.1) is 0 Å². The highest BCUT2D eigenvalue weighted by molar-refractivity contribution is 5.24. The Morgan fingerprint density at radius 3 is 2.64 bits per heavy atom. The molecule has 1 heterocycles. The van der Waals surface area contributed by atoms with Gasteiger partial charge >= 0.3 is 0 Å². The molecule has 0 amide bonds. The van der Waals surface area contributed by atoms with Gasteiger partial charge in [-0.3, -0.25) is 4.98 Å². The highest BCUT2D eigenvalue weighted by Gasteiger charge is 2.33. The molecule has 1 N–H and O–H groups in total. The van der Waals surface area contributed by atoms with Crippen molar-refractivity contribution >= 4 is 0 Å². The molecule has 14 heavy (non-hydrogen) atoms. The number of hydrogen-bond acceptors (Lipinski definition) is 2. The topological polar surface area (TPSA) is 33.1 Å². The van der Waals surface area contributed by atoms with E-state index in [1.807, 2.05) is 19.1 Å². The van der Waals surface area contributed by atoms with Gasteiger partial charge in [-0.05, 0) is 31.4 Å². The smallest absolute Gasteiger partial charge is 0.107 e. The summed E-state index contributed by atoms with van der Waals surface area (Å²) >= 11 is 0. The number of aryl methyl sites for hydroxylation is 1. The van der Waals surface area contributed by atoms with Crippen LogP contribution in [0.15, 0.2) is 18.3 Å². The van der Waals surface area contributed by atoms with E-state index in [-0.39, 0.29) is 0 Å². The van der Waals surface area contributed by atoms with E-state index in [9.17, 15) is 5.11 Å². The molecule has 1 aliphatic carbocycles. The van der Waals surface area contributed by atoms with E-state index in [2.05, 4.69) is 4.98 Å². The van der Waals surface area contributed by atoms with Crippen LogP contribution in [0.25, 0.3) is 0 Å². The first-order chi connectivity index (χ1) is 6.72. The summed E-state index contributed by atoms with van der Waals surface area (Å²) in [4.78, 5) is 4.32. The van der Waals surface area contributed by atoms with Gasteiger partial charge in [-0.25, -0.2) is 0 Å². The highest BCUT2D eigenvalue weighted by atomic mass is 16.3. The summed E-state index contributed by atoms with van der Waals surface area (Å²) in [5.41, 5.74) is 1.35. The van der Waals surface area contributed by atoms with Gasteiger partial charge < -0.3 is 5.11 Å². The molecule has 1 fully saturated rings. The molecule has 0 saturated heterocycles. The average molecular weight is 191 g/mol. The van der Waals surface area contributed by atoms with E-state index in [1.54, 1.807) is 6.20 Å². The van der Waals surface area contributed by atoms with Crippen molar-refractivity contribution in [3.63, 3.8) is 0 Å². The van der Waals surface area contributed by atoms with Gasteiger partial charge in [0.05, 0.1) is 5.69 Å². The Balaban J connectivity index is 2.32. The van der Waals surface area contributed by atoms with Crippen molar-refractivity contribution in [1.29, 1.82) is 0 Å². The first-order valence-electron chi connectivity index (χ1n) is 5.37. The summed E-state index contributed by atoms with van der Waals surface area (Å²) in [6, 6.07) is 3.94. The monoisotopic (exact) mass is 191 g/mol. The van der Waals surface area contributed by atoms with E-state index in [0.29, 0.717) is 0 Å². The van der Waals surface area contributed by atoms with Crippen molar-refractivity contribution in [2.75, 3.05) is 0 Å². The number of pyridine rings is 1. The van der Waals surface area contributed by atoms with Gasteiger partial charge in [0.2, 0.25) is 0 Å². The number of rotatable bonds is 1. The molecular formula is C12H17NO.